The van der Waals surface area contributed by atoms with E-state index in [1.54, 1.807) is 18.2 Å². The highest BCUT2D eigenvalue weighted by molar-refractivity contribution is 7.16. The lowest BCUT2D eigenvalue weighted by molar-refractivity contribution is 0.309. The van der Waals surface area contributed by atoms with E-state index in [0.29, 0.717) is 22.9 Å². The monoisotopic (exact) mass is 283 g/mol. The van der Waals surface area contributed by atoms with Crippen molar-refractivity contribution >= 4 is 34.5 Å². The van der Waals surface area contributed by atoms with Gasteiger partial charge in [-0.05, 0) is 24.3 Å². The number of benzene rings is 1. The second-order valence-corrected chi connectivity index (χ2v) is 5.48. The Morgan fingerprint density at radius 1 is 1.24 bits per heavy atom. The lowest BCUT2D eigenvalue weighted by Gasteiger charge is -2.06. The van der Waals surface area contributed by atoms with Crippen LogP contribution in [0.15, 0.2) is 30.3 Å². The molecule has 0 aliphatic heterocycles. The van der Waals surface area contributed by atoms with Crippen LogP contribution < -0.4 is 4.74 Å². The van der Waals surface area contributed by atoms with E-state index in [1.165, 1.54) is 11.3 Å². The first-order valence-electron chi connectivity index (χ1n) is 4.75. The molecule has 17 heavy (non-hydrogen) atoms. The van der Waals surface area contributed by atoms with Crippen molar-refractivity contribution in [3.8, 4) is 11.8 Å². The number of nitriles is 1. The number of hydrogen-bond donors (Lipinski definition) is 0. The third kappa shape index (κ3) is 3.13. The normalized spacial score (nSPS) is 9.94. The van der Waals surface area contributed by atoms with E-state index >= 15 is 0 Å². The molecule has 1 aromatic carbocycles. The summed E-state index contributed by atoms with van der Waals surface area (Å²) in [6, 6.07) is 10.7. The molecular weight excluding hydrogens is 277 g/mol. The average Bonchev–Trinajstić information content (AvgIpc) is 2.73. The van der Waals surface area contributed by atoms with E-state index in [4.69, 9.17) is 33.2 Å². The molecule has 0 N–H and O–H groups in total. The first-order valence-corrected chi connectivity index (χ1v) is 6.33. The van der Waals surface area contributed by atoms with Gasteiger partial charge in [-0.1, -0.05) is 23.2 Å². The van der Waals surface area contributed by atoms with Gasteiger partial charge in [0.2, 0.25) is 0 Å². The quantitative estimate of drug-likeness (QED) is 0.831. The fraction of sp³-hybridized carbons (Fsp3) is 0.0833. The second-order valence-electron chi connectivity index (χ2n) is 3.25. The predicted octanol–water partition coefficient (Wildman–Crippen LogP) is 4.51. The molecule has 0 aliphatic carbocycles. The summed E-state index contributed by atoms with van der Waals surface area (Å²) >= 11 is 13.1. The van der Waals surface area contributed by atoms with Crippen molar-refractivity contribution in [1.29, 1.82) is 5.26 Å². The molecule has 0 spiro atoms. The molecule has 0 saturated carbocycles. The van der Waals surface area contributed by atoms with Crippen LogP contribution in [0.1, 0.15) is 10.4 Å². The number of ether oxygens (including phenoxy) is 1. The molecule has 0 unspecified atom stereocenters. The number of hydrogen-bond acceptors (Lipinski definition) is 3. The van der Waals surface area contributed by atoms with Gasteiger partial charge >= 0.3 is 0 Å². The molecule has 2 rings (SSSR count). The Morgan fingerprint density at radius 3 is 2.71 bits per heavy atom. The Balaban J connectivity index is 2.13. The highest BCUT2D eigenvalue weighted by Crippen LogP contribution is 2.26. The van der Waals surface area contributed by atoms with E-state index in [2.05, 4.69) is 6.07 Å². The summed E-state index contributed by atoms with van der Waals surface area (Å²) in [5.41, 5.74) is 0.469. The molecule has 2 nitrogen and oxygen atoms in total. The highest BCUT2D eigenvalue weighted by atomic mass is 35.5. The first-order chi connectivity index (χ1) is 8.19. The van der Waals surface area contributed by atoms with Crippen LogP contribution in [0.25, 0.3) is 0 Å². The standard InChI is InChI=1S/C12H7Cl2NOS/c13-9-2-1-8(6-15)11(5-9)16-7-10-3-4-12(14)17-10/h1-5H,7H2. The van der Waals surface area contributed by atoms with Crippen LogP contribution in [0.3, 0.4) is 0 Å². The summed E-state index contributed by atoms with van der Waals surface area (Å²) in [5.74, 6) is 0.490. The number of rotatable bonds is 3. The van der Waals surface area contributed by atoms with Crippen molar-refractivity contribution in [3.63, 3.8) is 0 Å². The van der Waals surface area contributed by atoms with Gasteiger partial charge in [-0.3, -0.25) is 0 Å². The van der Waals surface area contributed by atoms with E-state index < -0.39 is 0 Å². The molecule has 0 amide bonds. The summed E-state index contributed by atoms with van der Waals surface area (Å²) in [4.78, 5) is 0.999. The molecule has 0 aliphatic rings. The minimum absolute atomic E-state index is 0.381. The topological polar surface area (TPSA) is 33.0 Å². The van der Waals surface area contributed by atoms with Crippen molar-refractivity contribution in [2.45, 2.75) is 6.61 Å². The third-order valence-corrected chi connectivity index (χ3v) is 3.50. The predicted molar refractivity (Wildman–Crippen MR) is 69.8 cm³/mol. The maximum absolute atomic E-state index is 8.92. The zero-order chi connectivity index (χ0) is 12.3. The van der Waals surface area contributed by atoms with Gasteiger partial charge in [0.15, 0.2) is 0 Å². The maximum atomic E-state index is 8.92. The minimum Gasteiger partial charge on any atom is -0.487 e. The van der Waals surface area contributed by atoms with Crippen LogP contribution in [0.5, 0.6) is 5.75 Å². The zero-order valence-corrected chi connectivity index (χ0v) is 10.9. The fourth-order valence-corrected chi connectivity index (χ4v) is 2.45. The van der Waals surface area contributed by atoms with Gasteiger partial charge in [0.05, 0.1) is 9.90 Å². The van der Waals surface area contributed by atoms with Crippen LogP contribution in [0.2, 0.25) is 9.36 Å². The van der Waals surface area contributed by atoms with E-state index in [9.17, 15) is 0 Å². The van der Waals surface area contributed by atoms with Crippen molar-refractivity contribution in [1.82, 2.24) is 0 Å². The molecular formula is C12H7Cl2NOS. The Hall–Kier alpha value is -1.21. The number of halogens is 2. The maximum Gasteiger partial charge on any atom is 0.139 e. The first kappa shape index (κ1) is 12.3. The molecule has 2 aromatic rings. The molecule has 0 radical (unpaired) electrons. The molecule has 1 heterocycles. The van der Waals surface area contributed by atoms with Crippen molar-refractivity contribution in [2.24, 2.45) is 0 Å². The number of nitrogens with zero attached hydrogens (tertiary/aromatic N) is 1. The summed E-state index contributed by atoms with van der Waals surface area (Å²) in [7, 11) is 0. The molecule has 1 aromatic heterocycles. The van der Waals surface area contributed by atoms with Gasteiger partial charge in [-0.25, -0.2) is 0 Å². The van der Waals surface area contributed by atoms with Gasteiger partial charge in [0.25, 0.3) is 0 Å². The summed E-state index contributed by atoms with van der Waals surface area (Å²) < 4.78 is 6.27. The molecule has 86 valence electrons. The van der Waals surface area contributed by atoms with Gasteiger partial charge in [-0.15, -0.1) is 11.3 Å². The van der Waals surface area contributed by atoms with Crippen LogP contribution in [0.4, 0.5) is 0 Å². The SMILES string of the molecule is N#Cc1ccc(Cl)cc1OCc1ccc(Cl)s1. The summed E-state index contributed by atoms with van der Waals surface area (Å²) in [5, 5.41) is 9.46. The van der Waals surface area contributed by atoms with Gasteiger partial charge in [-0.2, -0.15) is 5.26 Å². The van der Waals surface area contributed by atoms with Crippen LogP contribution >= 0.6 is 34.5 Å². The fourth-order valence-electron chi connectivity index (χ4n) is 1.29. The van der Waals surface area contributed by atoms with E-state index in [-0.39, 0.29) is 0 Å². The van der Waals surface area contributed by atoms with Crippen molar-refractivity contribution < 1.29 is 4.74 Å². The Morgan fingerprint density at radius 2 is 2.06 bits per heavy atom. The van der Waals surface area contributed by atoms with Crippen molar-refractivity contribution in [2.75, 3.05) is 0 Å². The molecule has 0 bridgehead atoms. The van der Waals surface area contributed by atoms with E-state index in [0.717, 1.165) is 9.21 Å². The van der Waals surface area contributed by atoms with Gasteiger partial charge < -0.3 is 4.74 Å². The van der Waals surface area contributed by atoms with Crippen molar-refractivity contribution in [3.05, 3.63) is 50.1 Å². The van der Waals surface area contributed by atoms with Crippen LogP contribution in [-0.4, -0.2) is 0 Å². The summed E-state index contributed by atoms with van der Waals surface area (Å²) in [6.45, 7) is 0.381. The Bertz CT molecular complexity index is 574. The molecule has 5 heteroatoms. The lowest BCUT2D eigenvalue weighted by Crippen LogP contribution is -1.95. The van der Waals surface area contributed by atoms with Gasteiger partial charge in [0.1, 0.15) is 18.4 Å². The van der Waals surface area contributed by atoms with Crippen LogP contribution in [-0.2, 0) is 6.61 Å². The highest BCUT2D eigenvalue weighted by Gasteiger charge is 2.05. The Labute approximate surface area is 113 Å². The largest absolute Gasteiger partial charge is 0.487 e. The lowest BCUT2D eigenvalue weighted by atomic mass is 10.2. The van der Waals surface area contributed by atoms with E-state index in [1.807, 2.05) is 12.1 Å². The van der Waals surface area contributed by atoms with Gasteiger partial charge in [0, 0.05) is 16.0 Å². The molecule has 0 saturated heterocycles. The Kier molecular flexibility index (Phi) is 3.90. The average molecular weight is 284 g/mol. The van der Waals surface area contributed by atoms with Crippen LogP contribution in [0, 0.1) is 11.3 Å². The minimum atomic E-state index is 0.381. The zero-order valence-electron chi connectivity index (χ0n) is 8.61. The smallest absolute Gasteiger partial charge is 0.139 e. The number of thiophene rings is 1. The second kappa shape index (κ2) is 5.42. The molecule has 0 atom stereocenters. The summed E-state index contributed by atoms with van der Waals surface area (Å²) in [6.07, 6.45) is 0. The molecule has 0 fully saturated rings. The third-order valence-electron chi connectivity index (χ3n) is 2.06.